The lowest BCUT2D eigenvalue weighted by atomic mass is 9.78. The normalized spacial score (nSPS) is 12.3. The molecule has 1 aromatic heterocycles. The van der Waals surface area contributed by atoms with Crippen LogP contribution in [-0.4, -0.2) is 0 Å². The second-order valence-electron chi connectivity index (χ2n) is 21.0. The molecule has 0 radical (unpaired) electrons. The summed E-state index contributed by atoms with van der Waals surface area (Å²) in [5, 5.41) is 4.69. The Hall–Kier alpha value is -7.16. The third-order valence-electron chi connectivity index (χ3n) is 13.3. The van der Waals surface area contributed by atoms with Crippen molar-refractivity contribution in [3.8, 4) is 44.5 Å². The molecule has 0 aliphatic rings. The van der Waals surface area contributed by atoms with Crippen LogP contribution in [0.2, 0.25) is 0 Å². The fraction of sp³-hybridized carbons (Fsp3) is 0.188. The average molecular weight is 858 g/mol. The van der Waals surface area contributed by atoms with Crippen LogP contribution in [0.3, 0.4) is 0 Å². The minimum Gasteiger partial charge on any atom is -0.456 e. The Morgan fingerprint density at radius 1 is 0.318 bits per heavy atom. The van der Waals surface area contributed by atoms with E-state index in [1.54, 1.807) is 0 Å². The number of benzene rings is 9. The van der Waals surface area contributed by atoms with E-state index in [0.717, 1.165) is 61.3 Å². The molecule has 10 aromatic rings. The lowest BCUT2D eigenvalue weighted by molar-refractivity contribution is 0.569. The third kappa shape index (κ3) is 7.89. The molecule has 0 saturated heterocycles. The first-order valence-corrected chi connectivity index (χ1v) is 23.4. The maximum atomic E-state index is 6.35. The molecule has 0 bridgehead atoms. The highest BCUT2D eigenvalue weighted by molar-refractivity contribution is 6.10. The van der Waals surface area contributed by atoms with E-state index in [1.165, 1.54) is 49.7 Å². The van der Waals surface area contributed by atoms with E-state index in [0.29, 0.717) is 0 Å². The van der Waals surface area contributed by atoms with E-state index < -0.39 is 0 Å². The first-order valence-electron chi connectivity index (χ1n) is 23.4. The molecule has 9 aromatic carbocycles. The molecular formula is C64H59NO. The van der Waals surface area contributed by atoms with Crippen LogP contribution in [0.5, 0.6) is 0 Å². The summed E-state index contributed by atoms with van der Waals surface area (Å²) in [6.45, 7) is 20.9. The predicted molar refractivity (Wildman–Crippen MR) is 284 cm³/mol. The van der Waals surface area contributed by atoms with Crippen molar-refractivity contribution >= 4 is 49.8 Å². The molecule has 0 amide bonds. The van der Waals surface area contributed by atoms with Gasteiger partial charge < -0.3 is 9.32 Å². The Morgan fingerprint density at radius 2 is 0.864 bits per heavy atom. The monoisotopic (exact) mass is 857 g/mol. The Morgan fingerprint density at radius 3 is 1.55 bits per heavy atom. The summed E-state index contributed by atoms with van der Waals surface area (Å²) in [4.78, 5) is 2.54. The number of furan rings is 1. The van der Waals surface area contributed by atoms with Gasteiger partial charge in [0.1, 0.15) is 11.2 Å². The zero-order valence-corrected chi connectivity index (χ0v) is 39.8. The van der Waals surface area contributed by atoms with Gasteiger partial charge in [0.15, 0.2) is 0 Å². The van der Waals surface area contributed by atoms with Crippen LogP contribution in [0.15, 0.2) is 199 Å². The molecule has 10 rings (SSSR count). The van der Waals surface area contributed by atoms with Crippen LogP contribution in [-0.2, 0) is 16.2 Å². The molecule has 2 nitrogen and oxygen atoms in total. The summed E-state index contributed by atoms with van der Waals surface area (Å²) >= 11 is 0. The third-order valence-corrected chi connectivity index (χ3v) is 13.3. The van der Waals surface area contributed by atoms with Gasteiger partial charge in [-0.3, -0.25) is 0 Å². The van der Waals surface area contributed by atoms with E-state index in [4.69, 9.17) is 4.42 Å². The topological polar surface area (TPSA) is 16.4 Å². The zero-order chi connectivity index (χ0) is 46.0. The van der Waals surface area contributed by atoms with Gasteiger partial charge in [-0.15, -0.1) is 0 Å². The maximum absolute atomic E-state index is 6.35. The summed E-state index contributed by atoms with van der Waals surface area (Å²) in [5.74, 6) is 0. The summed E-state index contributed by atoms with van der Waals surface area (Å²) < 4.78 is 6.35. The second kappa shape index (κ2) is 16.4. The number of nitrogens with zero attached hydrogens (tertiary/aromatic N) is 1. The van der Waals surface area contributed by atoms with Crippen LogP contribution in [0.25, 0.3) is 77.2 Å². The van der Waals surface area contributed by atoms with Crippen LogP contribution < -0.4 is 4.90 Å². The Kier molecular flexibility index (Phi) is 10.6. The first kappa shape index (κ1) is 42.8. The second-order valence-corrected chi connectivity index (χ2v) is 21.0. The Balaban J connectivity index is 1.28. The quantitative estimate of drug-likeness (QED) is 0.159. The highest BCUT2D eigenvalue weighted by Crippen LogP contribution is 2.51. The molecule has 2 heteroatoms. The first-order chi connectivity index (χ1) is 31.6. The average Bonchev–Trinajstić information content (AvgIpc) is 3.69. The standard InChI is InChI=1S/C64H59NO/c1-62(2,3)46-34-35-50(42-21-11-10-12-22-42)58(41-46)65(56-30-16-13-25-49(56)44-33-36-60-55(39-44)53-27-15-18-32-59(53)66-60)57-31-17-14-26-52(57)54-29-20-24-43-23-19-28-51(61(43)54)45-37-47(63(4,5)6)40-48(38-45)64(7,8)9/h10-41H,1-9H3. The van der Waals surface area contributed by atoms with Gasteiger partial charge in [-0.2, -0.15) is 0 Å². The fourth-order valence-electron chi connectivity index (χ4n) is 9.59. The highest BCUT2D eigenvalue weighted by Gasteiger charge is 2.27. The number of hydrogen-bond acceptors (Lipinski definition) is 2. The van der Waals surface area contributed by atoms with Gasteiger partial charge in [0, 0.05) is 27.5 Å². The van der Waals surface area contributed by atoms with Crippen molar-refractivity contribution in [2.45, 2.75) is 78.6 Å². The van der Waals surface area contributed by atoms with Crippen LogP contribution in [0, 0.1) is 0 Å². The van der Waals surface area contributed by atoms with Gasteiger partial charge in [0.25, 0.3) is 0 Å². The number of anilines is 3. The molecule has 0 atom stereocenters. The predicted octanol–water partition coefficient (Wildman–Crippen LogP) is 18.8. The molecular weight excluding hydrogens is 799 g/mol. The molecule has 0 fully saturated rings. The van der Waals surface area contributed by atoms with Gasteiger partial charge in [-0.1, -0.05) is 220 Å². The lowest BCUT2D eigenvalue weighted by Crippen LogP contribution is -2.17. The summed E-state index contributed by atoms with van der Waals surface area (Å²) in [7, 11) is 0. The van der Waals surface area contributed by atoms with Gasteiger partial charge in [0.2, 0.25) is 0 Å². The molecule has 66 heavy (non-hydrogen) atoms. The summed E-state index contributed by atoms with van der Waals surface area (Å²) in [6, 6.07) is 71.8. The smallest absolute Gasteiger partial charge is 0.135 e. The van der Waals surface area contributed by atoms with Crippen molar-refractivity contribution in [2.75, 3.05) is 4.90 Å². The highest BCUT2D eigenvalue weighted by atomic mass is 16.3. The van der Waals surface area contributed by atoms with E-state index in [9.17, 15) is 0 Å². The minimum absolute atomic E-state index is 0.0167. The molecule has 0 saturated carbocycles. The van der Waals surface area contributed by atoms with Crippen molar-refractivity contribution in [2.24, 2.45) is 0 Å². The summed E-state index contributed by atoms with van der Waals surface area (Å²) in [6.07, 6.45) is 0. The number of rotatable bonds is 7. The van der Waals surface area contributed by atoms with Gasteiger partial charge >= 0.3 is 0 Å². The van der Waals surface area contributed by atoms with Gasteiger partial charge in [0.05, 0.1) is 17.1 Å². The Bertz CT molecular complexity index is 3380. The van der Waals surface area contributed by atoms with Crippen LogP contribution in [0.4, 0.5) is 17.1 Å². The number of fused-ring (bicyclic) bond motifs is 4. The van der Waals surface area contributed by atoms with Gasteiger partial charge in [-0.25, -0.2) is 0 Å². The van der Waals surface area contributed by atoms with Crippen molar-refractivity contribution in [3.63, 3.8) is 0 Å². The van der Waals surface area contributed by atoms with Crippen molar-refractivity contribution in [3.05, 3.63) is 211 Å². The van der Waals surface area contributed by atoms with Crippen LogP contribution >= 0.6 is 0 Å². The van der Waals surface area contributed by atoms with E-state index in [1.807, 2.05) is 6.07 Å². The van der Waals surface area contributed by atoms with Crippen molar-refractivity contribution in [1.82, 2.24) is 0 Å². The molecule has 0 aliphatic carbocycles. The lowest BCUT2D eigenvalue weighted by Gasteiger charge is -2.33. The zero-order valence-electron chi connectivity index (χ0n) is 39.8. The molecule has 0 N–H and O–H groups in total. The molecule has 1 heterocycles. The molecule has 0 aliphatic heterocycles. The van der Waals surface area contributed by atoms with E-state index in [2.05, 4.69) is 255 Å². The fourth-order valence-corrected chi connectivity index (χ4v) is 9.59. The minimum atomic E-state index is -0.0971. The maximum Gasteiger partial charge on any atom is 0.135 e. The Labute approximate surface area is 391 Å². The SMILES string of the molecule is CC(C)(C)c1cc(-c2cccc3cccc(-c4ccccc4N(c4ccccc4-c4ccc5oc6ccccc6c5c4)c4cc(C(C)(C)C)ccc4-c4ccccc4)c23)cc(C(C)(C)C)c1. The van der Waals surface area contributed by atoms with E-state index >= 15 is 0 Å². The number of hydrogen-bond donors (Lipinski definition) is 0. The largest absolute Gasteiger partial charge is 0.456 e. The molecule has 0 spiro atoms. The molecule has 326 valence electrons. The van der Waals surface area contributed by atoms with Crippen molar-refractivity contribution < 1.29 is 4.42 Å². The van der Waals surface area contributed by atoms with E-state index in [-0.39, 0.29) is 16.2 Å². The van der Waals surface area contributed by atoms with Crippen molar-refractivity contribution in [1.29, 1.82) is 0 Å². The van der Waals surface area contributed by atoms with Gasteiger partial charge in [-0.05, 0) is 108 Å². The number of para-hydroxylation sites is 3. The molecule has 0 unspecified atom stereocenters. The summed E-state index contributed by atoms with van der Waals surface area (Å²) in [5.41, 5.74) is 18.3. The van der Waals surface area contributed by atoms with Crippen LogP contribution in [0.1, 0.15) is 79.0 Å².